The van der Waals surface area contributed by atoms with Gasteiger partial charge in [0.25, 0.3) is 0 Å². The van der Waals surface area contributed by atoms with Crippen LogP contribution in [0.15, 0.2) is 45.8 Å². The Bertz CT molecular complexity index is 1130. The molecule has 4 heterocycles. The van der Waals surface area contributed by atoms with Crippen LogP contribution in [0.4, 0.5) is 4.39 Å². The van der Waals surface area contributed by atoms with Gasteiger partial charge in [-0.2, -0.15) is 0 Å². The minimum atomic E-state index is -0.612. The Morgan fingerprint density at radius 1 is 1.36 bits per heavy atom. The molecule has 1 aliphatic rings. The first-order valence-corrected chi connectivity index (χ1v) is 8.95. The number of nitrogens with one attached hydrogen (secondary N) is 1. The predicted octanol–water partition coefficient (Wildman–Crippen LogP) is 2.78. The zero-order valence-electron chi connectivity index (χ0n) is 14.8. The summed E-state index contributed by atoms with van der Waals surface area (Å²) < 4.78 is 25.1. The summed E-state index contributed by atoms with van der Waals surface area (Å²) in [6, 6.07) is 3.93. The highest BCUT2D eigenvalue weighted by Gasteiger charge is 2.37. The molecule has 142 valence electrons. The summed E-state index contributed by atoms with van der Waals surface area (Å²) in [7, 11) is 0. The number of aromatic nitrogens is 4. The molecule has 0 fully saturated rings. The Balaban J connectivity index is 1.50. The van der Waals surface area contributed by atoms with E-state index in [1.807, 2.05) is 0 Å². The standard InChI is InChI=1S/C19H16FN5O3/c20-11-2-1-3-13-16(11)24-19(28-13)18-17-12(22-10-23-17)6-8-25(18)15(26)5-4-14-21-7-9-27-14/h1-3,7,9-10,18H,4-6,8H2,(H,22,23)/t18-/m0/s1. The highest BCUT2D eigenvalue weighted by atomic mass is 19.1. The summed E-state index contributed by atoms with van der Waals surface area (Å²) >= 11 is 0. The van der Waals surface area contributed by atoms with Gasteiger partial charge < -0.3 is 18.7 Å². The maximum Gasteiger partial charge on any atom is 0.224 e. The molecule has 0 bridgehead atoms. The third-order valence-corrected chi connectivity index (χ3v) is 4.90. The minimum Gasteiger partial charge on any atom is -0.449 e. The van der Waals surface area contributed by atoms with Gasteiger partial charge in [-0.15, -0.1) is 0 Å². The molecule has 9 heteroatoms. The van der Waals surface area contributed by atoms with Crippen LogP contribution in [0.5, 0.6) is 0 Å². The van der Waals surface area contributed by atoms with Crippen molar-refractivity contribution in [3.63, 3.8) is 0 Å². The molecule has 0 unspecified atom stereocenters. The number of amides is 1. The third kappa shape index (κ3) is 2.75. The molecule has 8 nitrogen and oxygen atoms in total. The van der Waals surface area contributed by atoms with E-state index in [-0.39, 0.29) is 23.7 Å². The second kappa shape index (κ2) is 6.59. The maximum atomic E-state index is 14.1. The van der Waals surface area contributed by atoms with Crippen molar-refractivity contribution in [2.24, 2.45) is 0 Å². The lowest BCUT2D eigenvalue weighted by Crippen LogP contribution is -2.41. The first-order valence-electron chi connectivity index (χ1n) is 8.95. The zero-order chi connectivity index (χ0) is 19.1. The molecular formula is C19H16FN5O3. The van der Waals surface area contributed by atoms with Gasteiger partial charge in [-0.1, -0.05) is 6.07 Å². The van der Waals surface area contributed by atoms with Crippen LogP contribution in [0.25, 0.3) is 11.1 Å². The Morgan fingerprint density at radius 3 is 3.11 bits per heavy atom. The van der Waals surface area contributed by atoms with Gasteiger partial charge in [-0.3, -0.25) is 4.79 Å². The van der Waals surface area contributed by atoms with Crippen LogP contribution in [-0.4, -0.2) is 37.3 Å². The number of hydrogen-bond donors (Lipinski definition) is 1. The van der Waals surface area contributed by atoms with Crippen molar-refractivity contribution in [1.29, 1.82) is 0 Å². The van der Waals surface area contributed by atoms with Crippen molar-refractivity contribution in [2.45, 2.75) is 25.3 Å². The number of fused-ring (bicyclic) bond motifs is 2. The topological polar surface area (TPSA) is 101 Å². The molecule has 0 aliphatic carbocycles. The number of imidazole rings is 1. The normalized spacial score (nSPS) is 16.5. The van der Waals surface area contributed by atoms with Gasteiger partial charge in [0.2, 0.25) is 11.8 Å². The number of hydrogen-bond acceptors (Lipinski definition) is 6. The number of oxazole rings is 2. The van der Waals surface area contributed by atoms with E-state index < -0.39 is 11.9 Å². The fourth-order valence-corrected chi connectivity index (χ4v) is 3.58. The molecule has 1 aliphatic heterocycles. The molecule has 1 amide bonds. The lowest BCUT2D eigenvalue weighted by Gasteiger charge is -2.33. The monoisotopic (exact) mass is 381 g/mol. The molecule has 4 aromatic rings. The summed E-state index contributed by atoms with van der Waals surface area (Å²) in [5.41, 5.74) is 2.07. The van der Waals surface area contributed by atoms with Crippen LogP contribution in [0.1, 0.15) is 35.6 Å². The van der Waals surface area contributed by atoms with Gasteiger partial charge in [-0.25, -0.2) is 19.3 Å². The minimum absolute atomic E-state index is 0.0976. The van der Waals surface area contributed by atoms with E-state index >= 15 is 0 Å². The summed E-state index contributed by atoms with van der Waals surface area (Å²) in [5, 5.41) is 0. The number of halogens is 1. The smallest absolute Gasteiger partial charge is 0.224 e. The Labute approximate surface area is 158 Å². The Hall–Kier alpha value is -3.49. The molecule has 1 N–H and O–H groups in total. The number of H-pyrrole nitrogens is 1. The molecular weight excluding hydrogens is 365 g/mol. The van der Waals surface area contributed by atoms with Crippen molar-refractivity contribution >= 4 is 17.0 Å². The molecule has 0 radical (unpaired) electrons. The number of nitrogens with zero attached hydrogens (tertiary/aromatic N) is 4. The fraction of sp³-hybridized carbons (Fsp3) is 0.263. The van der Waals surface area contributed by atoms with Gasteiger partial charge >= 0.3 is 0 Å². The van der Waals surface area contributed by atoms with E-state index in [2.05, 4.69) is 19.9 Å². The Morgan fingerprint density at radius 2 is 2.29 bits per heavy atom. The van der Waals surface area contributed by atoms with E-state index in [1.54, 1.807) is 29.6 Å². The van der Waals surface area contributed by atoms with Crippen LogP contribution >= 0.6 is 0 Å². The first-order chi connectivity index (χ1) is 13.7. The van der Waals surface area contributed by atoms with Crippen molar-refractivity contribution in [1.82, 2.24) is 24.8 Å². The number of para-hydroxylation sites is 1. The third-order valence-electron chi connectivity index (χ3n) is 4.90. The van der Waals surface area contributed by atoms with E-state index in [9.17, 15) is 9.18 Å². The number of benzene rings is 1. The van der Waals surface area contributed by atoms with E-state index in [0.717, 1.165) is 5.69 Å². The number of carbonyl (C=O) groups excluding carboxylic acids is 1. The lowest BCUT2D eigenvalue weighted by atomic mass is 10.0. The van der Waals surface area contributed by atoms with E-state index in [0.29, 0.717) is 36.6 Å². The summed E-state index contributed by atoms with van der Waals surface area (Å²) in [5.74, 6) is 0.191. The second-order valence-electron chi connectivity index (χ2n) is 6.57. The molecule has 28 heavy (non-hydrogen) atoms. The molecule has 3 aromatic heterocycles. The van der Waals surface area contributed by atoms with Gasteiger partial charge in [0.15, 0.2) is 23.3 Å². The van der Waals surface area contributed by atoms with Crippen LogP contribution in [0.2, 0.25) is 0 Å². The fourth-order valence-electron chi connectivity index (χ4n) is 3.58. The SMILES string of the molecule is O=C(CCc1ncco1)N1CCc2[nH]cnc2[C@H]1c1nc2c(F)cccc2o1. The lowest BCUT2D eigenvalue weighted by molar-refractivity contribution is -0.133. The molecule has 1 aromatic carbocycles. The Kier molecular flexibility index (Phi) is 3.92. The van der Waals surface area contributed by atoms with E-state index in [4.69, 9.17) is 8.83 Å². The maximum absolute atomic E-state index is 14.1. The van der Waals surface area contributed by atoms with Crippen LogP contribution in [-0.2, 0) is 17.6 Å². The average Bonchev–Trinajstić information content (AvgIpc) is 3.45. The van der Waals surface area contributed by atoms with Crippen molar-refractivity contribution in [3.05, 3.63) is 66.0 Å². The van der Waals surface area contributed by atoms with Crippen molar-refractivity contribution in [2.75, 3.05) is 6.54 Å². The molecule has 5 rings (SSSR count). The average molecular weight is 381 g/mol. The van der Waals surface area contributed by atoms with Gasteiger partial charge in [0.05, 0.1) is 18.2 Å². The summed E-state index contributed by atoms with van der Waals surface area (Å²) in [6.45, 7) is 0.478. The number of aromatic amines is 1. The van der Waals surface area contributed by atoms with Crippen LogP contribution in [0.3, 0.4) is 0 Å². The molecule has 0 saturated heterocycles. The highest BCUT2D eigenvalue weighted by molar-refractivity contribution is 5.78. The molecule has 1 atom stereocenters. The van der Waals surface area contributed by atoms with Crippen LogP contribution in [0, 0.1) is 5.82 Å². The molecule has 0 spiro atoms. The quantitative estimate of drug-likeness (QED) is 0.583. The number of rotatable bonds is 4. The van der Waals surface area contributed by atoms with Gasteiger partial charge in [-0.05, 0) is 12.1 Å². The van der Waals surface area contributed by atoms with Gasteiger partial charge in [0, 0.05) is 31.5 Å². The van der Waals surface area contributed by atoms with E-state index in [1.165, 1.54) is 12.3 Å². The van der Waals surface area contributed by atoms with Crippen molar-refractivity contribution < 1.29 is 18.0 Å². The largest absolute Gasteiger partial charge is 0.449 e. The predicted molar refractivity (Wildman–Crippen MR) is 94.6 cm³/mol. The second-order valence-corrected chi connectivity index (χ2v) is 6.57. The van der Waals surface area contributed by atoms with Crippen LogP contribution < -0.4 is 0 Å². The summed E-state index contributed by atoms with van der Waals surface area (Å²) in [6.07, 6.45) is 5.88. The zero-order valence-corrected chi connectivity index (χ0v) is 14.8. The first kappa shape index (κ1) is 16.7. The number of carbonyl (C=O) groups is 1. The van der Waals surface area contributed by atoms with Crippen molar-refractivity contribution in [3.8, 4) is 0 Å². The van der Waals surface area contributed by atoms with Gasteiger partial charge in [0.1, 0.15) is 11.8 Å². The highest BCUT2D eigenvalue weighted by Crippen LogP contribution is 2.35. The molecule has 0 saturated carbocycles. The number of aryl methyl sites for hydroxylation is 1. The summed E-state index contributed by atoms with van der Waals surface area (Å²) in [4.78, 5) is 30.5.